The van der Waals surface area contributed by atoms with Gasteiger partial charge in [0.05, 0.1) is 0 Å². The van der Waals surface area contributed by atoms with Gasteiger partial charge in [0.15, 0.2) is 0 Å². The maximum absolute atomic E-state index is 4.71. The summed E-state index contributed by atoms with van der Waals surface area (Å²) in [6, 6.07) is 9.52. The van der Waals surface area contributed by atoms with Crippen molar-refractivity contribution in [3.05, 3.63) is 42.2 Å². The van der Waals surface area contributed by atoms with Crippen LogP contribution in [-0.4, -0.2) is 54.1 Å². The summed E-state index contributed by atoms with van der Waals surface area (Å²) >= 11 is 0. The lowest BCUT2D eigenvalue weighted by Gasteiger charge is -2.21. The van der Waals surface area contributed by atoms with Gasteiger partial charge >= 0.3 is 0 Å². The molecule has 1 aliphatic heterocycles. The average Bonchev–Trinajstić information content (AvgIpc) is 3.50. The minimum atomic E-state index is 0.756. The van der Waals surface area contributed by atoms with Crippen LogP contribution in [0.5, 0.6) is 0 Å². The van der Waals surface area contributed by atoms with Crippen LogP contribution in [0.15, 0.2) is 36.7 Å². The summed E-state index contributed by atoms with van der Waals surface area (Å²) in [5.41, 5.74) is 3.61. The second-order valence-electron chi connectivity index (χ2n) is 9.10. The number of hydrogen-bond donors (Lipinski definition) is 1. The molecule has 1 aromatic heterocycles. The van der Waals surface area contributed by atoms with Crippen LogP contribution in [0.1, 0.15) is 51.0 Å². The molecular weight excluding hydrogens is 370 g/mol. The van der Waals surface area contributed by atoms with Crippen molar-refractivity contribution in [3.63, 3.8) is 0 Å². The molecule has 30 heavy (non-hydrogen) atoms. The highest BCUT2D eigenvalue weighted by Crippen LogP contribution is 2.31. The Morgan fingerprint density at radius 2 is 1.97 bits per heavy atom. The van der Waals surface area contributed by atoms with Crippen LogP contribution in [-0.2, 0) is 6.54 Å². The number of nitrogens with zero attached hydrogens (tertiary/aromatic N) is 4. The van der Waals surface area contributed by atoms with Gasteiger partial charge < -0.3 is 15.1 Å². The van der Waals surface area contributed by atoms with E-state index in [0.717, 1.165) is 56.1 Å². The molecule has 1 aromatic carbocycles. The molecule has 1 N–H and O–H groups in total. The van der Waals surface area contributed by atoms with E-state index in [2.05, 4.69) is 53.4 Å². The van der Waals surface area contributed by atoms with Crippen molar-refractivity contribution in [1.82, 2.24) is 20.2 Å². The smallest absolute Gasteiger partial charge is 0.225 e. The van der Waals surface area contributed by atoms with Crippen LogP contribution in [0.25, 0.3) is 11.1 Å². The highest BCUT2D eigenvalue weighted by molar-refractivity contribution is 5.63. The van der Waals surface area contributed by atoms with Crippen molar-refractivity contribution in [2.75, 3.05) is 38.1 Å². The van der Waals surface area contributed by atoms with Gasteiger partial charge in [-0.1, -0.05) is 25.1 Å². The SMILES string of the molecule is CCCN(CC1CC1)c1ncc(-c2cccc(CNCCC3CCCN3C)c2)cn1. The van der Waals surface area contributed by atoms with E-state index in [1.807, 2.05) is 12.4 Å². The van der Waals surface area contributed by atoms with Crippen molar-refractivity contribution in [1.29, 1.82) is 0 Å². The van der Waals surface area contributed by atoms with Gasteiger partial charge in [-0.3, -0.25) is 0 Å². The minimum Gasteiger partial charge on any atom is -0.341 e. The van der Waals surface area contributed by atoms with Crippen molar-refractivity contribution < 1.29 is 0 Å². The molecule has 1 saturated carbocycles. The minimum absolute atomic E-state index is 0.756. The van der Waals surface area contributed by atoms with Gasteiger partial charge in [0.25, 0.3) is 0 Å². The van der Waals surface area contributed by atoms with E-state index in [1.165, 1.54) is 49.8 Å². The van der Waals surface area contributed by atoms with Gasteiger partial charge in [-0.15, -0.1) is 0 Å². The van der Waals surface area contributed by atoms with E-state index in [0.29, 0.717) is 0 Å². The van der Waals surface area contributed by atoms with Crippen LogP contribution >= 0.6 is 0 Å². The Morgan fingerprint density at radius 1 is 1.13 bits per heavy atom. The zero-order valence-corrected chi connectivity index (χ0v) is 18.7. The van der Waals surface area contributed by atoms with Crippen LogP contribution in [0.4, 0.5) is 5.95 Å². The third-order valence-electron chi connectivity index (χ3n) is 6.51. The predicted octanol–water partition coefficient (Wildman–Crippen LogP) is 4.34. The molecule has 1 unspecified atom stereocenters. The van der Waals surface area contributed by atoms with Gasteiger partial charge in [0.1, 0.15) is 0 Å². The highest BCUT2D eigenvalue weighted by atomic mass is 15.2. The monoisotopic (exact) mass is 407 g/mol. The molecular formula is C25H37N5. The van der Waals surface area contributed by atoms with E-state index in [1.54, 1.807) is 0 Å². The molecule has 0 amide bonds. The highest BCUT2D eigenvalue weighted by Gasteiger charge is 2.25. The number of rotatable bonds is 11. The third kappa shape index (κ3) is 5.79. The van der Waals surface area contributed by atoms with Crippen LogP contribution < -0.4 is 10.2 Å². The Morgan fingerprint density at radius 3 is 2.67 bits per heavy atom. The molecule has 4 rings (SSSR count). The van der Waals surface area contributed by atoms with Gasteiger partial charge in [0, 0.05) is 43.6 Å². The second-order valence-corrected chi connectivity index (χ2v) is 9.10. The number of aromatic nitrogens is 2. The Bertz CT molecular complexity index is 786. The standard InChI is InChI=1S/C25H37N5/c1-3-13-30(19-20-9-10-20)25-27-17-23(18-28-25)22-7-4-6-21(15-22)16-26-12-11-24-8-5-14-29(24)2/h4,6-7,15,17-18,20,24,26H,3,5,8-14,16,19H2,1-2H3. The summed E-state index contributed by atoms with van der Waals surface area (Å²) < 4.78 is 0. The number of benzene rings is 1. The fraction of sp³-hybridized carbons (Fsp3) is 0.600. The molecule has 1 aliphatic carbocycles. The first-order chi connectivity index (χ1) is 14.7. The number of likely N-dealkylation sites (tertiary alicyclic amines) is 1. The van der Waals surface area contributed by atoms with E-state index in [4.69, 9.17) is 9.97 Å². The van der Waals surface area contributed by atoms with Gasteiger partial charge in [-0.05, 0) is 81.8 Å². The molecule has 1 saturated heterocycles. The largest absolute Gasteiger partial charge is 0.341 e. The first-order valence-electron chi connectivity index (χ1n) is 11.8. The molecule has 0 radical (unpaired) electrons. The summed E-state index contributed by atoms with van der Waals surface area (Å²) in [6.45, 7) is 7.60. The number of nitrogens with one attached hydrogen (secondary N) is 1. The van der Waals surface area contributed by atoms with Gasteiger partial charge in [0.2, 0.25) is 5.95 Å². The van der Waals surface area contributed by atoms with E-state index in [-0.39, 0.29) is 0 Å². The zero-order chi connectivity index (χ0) is 20.8. The van der Waals surface area contributed by atoms with E-state index in [9.17, 15) is 0 Å². The normalized spacial score (nSPS) is 19.3. The Hall–Kier alpha value is -1.98. The quantitative estimate of drug-likeness (QED) is 0.561. The molecule has 1 atom stereocenters. The lowest BCUT2D eigenvalue weighted by molar-refractivity contribution is 0.293. The fourth-order valence-electron chi connectivity index (χ4n) is 4.49. The van der Waals surface area contributed by atoms with Gasteiger partial charge in [-0.2, -0.15) is 0 Å². The first kappa shape index (κ1) is 21.3. The summed E-state index contributed by atoms with van der Waals surface area (Å²) in [4.78, 5) is 14.3. The molecule has 162 valence electrons. The van der Waals surface area contributed by atoms with Crippen LogP contribution in [0, 0.1) is 5.92 Å². The number of hydrogen-bond acceptors (Lipinski definition) is 5. The fourth-order valence-corrected chi connectivity index (χ4v) is 4.49. The maximum atomic E-state index is 4.71. The molecule has 5 nitrogen and oxygen atoms in total. The summed E-state index contributed by atoms with van der Waals surface area (Å²) in [5.74, 6) is 1.72. The van der Waals surface area contributed by atoms with E-state index < -0.39 is 0 Å². The summed E-state index contributed by atoms with van der Waals surface area (Å²) in [5, 5.41) is 3.63. The zero-order valence-electron chi connectivity index (χ0n) is 18.7. The van der Waals surface area contributed by atoms with Crippen LogP contribution in [0.2, 0.25) is 0 Å². The lowest BCUT2D eigenvalue weighted by Crippen LogP contribution is -2.29. The summed E-state index contributed by atoms with van der Waals surface area (Å²) in [6.07, 6.45) is 11.7. The average molecular weight is 408 g/mol. The molecule has 5 heteroatoms. The predicted molar refractivity (Wildman–Crippen MR) is 125 cm³/mol. The number of anilines is 1. The molecule has 2 aliphatic rings. The third-order valence-corrected chi connectivity index (χ3v) is 6.51. The van der Waals surface area contributed by atoms with Crippen molar-refractivity contribution in [2.45, 2.75) is 58.0 Å². The molecule has 2 aromatic rings. The van der Waals surface area contributed by atoms with Crippen molar-refractivity contribution in [2.24, 2.45) is 5.92 Å². The maximum Gasteiger partial charge on any atom is 0.225 e. The first-order valence-corrected chi connectivity index (χ1v) is 11.8. The Balaban J connectivity index is 1.32. The van der Waals surface area contributed by atoms with Crippen molar-refractivity contribution >= 4 is 5.95 Å². The molecule has 0 bridgehead atoms. The summed E-state index contributed by atoms with van der Waals surface area (Å²) in [7, 11) is 2.25. The second kappa shape index (κ2) is 10.4. The molecule has 2 fully saturated rings. The molecule has 2 heterocycles. The lowest BCUT2D eigenvalue weighted by atomic mass is 10.1. The molecule has 0 spiro atoms. The van der Waals surface area contributed by atoms with Gasteiger partial charge in [-0.25, -0.2) is 9.97 Å². The topological polar surface area (TPSA) is 44.3 Å². The van der Waals surface area contributed by atoms with Crippen LogP contribution in [0.3, 0.4) is 0 Å². The Kier molecular flexibility index (Phi) is 7.34. The van der Waals surface area contributed by atoms with Crippen molar-refractivity contribution in [3.8, 4) is 11.1 Å². The Labute approximate surface area is 181 Å². The van der Waals surface area contributed by atoms with E-state index >= 15 is 0 Å².